The molecule has 8 nitrogen and oxygen atoms in total. The van der Waals surface area contributed by atoms with Crippen LogP contribution in [0.1, 0.15) is 12.8 Å². The predicted molar refractivity (Wildman–Crippen MR) is 65.3 cm³/mol. The van der Waals surface area contributed by atoms with Gasteiger partial charge >= 0.3 is 10.4 Å². The van der Waals surface area contributed by atoms with Gasteiger partial charge < -0.3 is 10.4 Å². The van der Waals surface area contributed by atoms with Crippen molar-refractivity contribution in [2.45, 2.75) is 12.8 Å². The zero-order valence-corrected chi connectivity index (χ0v) is 11.5. The van der Waals surface area contributed by atoms with Gasteiger partial charge in [-0.25, -0.2) is 12.6 Å². The Morgan fingerprint density at radius 3 is 2.22 bits per heavy atom. The summed E-state index contributed by atoms with van der Waals surface area (Å²) in [5, 5.41) is 11.3. The molecule has 0 saturated heterocycles. The van der Waals surface area contributed by atoms with Gasteiger partial charge in [0, 0.05) is 6.54 Å². The number of nitrogens with one attached hydrogen (secondary N) is 1. The summed E-state index contributed by atoms with van der Waals surface area (Å²) in [6.45, 7) is 0.210. The molecule has 0 aliphatic heterocycles. The van der Waals surface area contributed by atoms with Crippen LogP contribution in [-0.4, -0.2) is 64.3 Å². The lowest BCUT2D eigenvalue weighted by atomic mass is 10.3. The van der Waals surface area contributed by atoms with Gasteiger partial charge in [0.25, 0.3) is 0 Å². The van der Waals surface area contributed by atoms with Crippen molar-refractivity contribution in [3.63, 3.8) is 0 Å². The van der Waals surface area contributed by atoms with Crippen LogP contribution in [0, 0.1) is 0 Å². The molecular formula is C8H19NO7S2. The van der Waals surface area contributed by atoms with Crippen molar-refractivity contribution < 1.29 is 30.7 Å². The van der Waals surface area contributed by atoms with E-state index in [9.17, 15) is 16.8 Å². The summed E-state index contributed by atoms with van der Waals surface area (Å²) in [4.78, 5) is 0. The van der Waals surface area contributed by atoms with E-state index in [0.717, 1.165) is 0 Å². The molecule has 3 N–H and O–H groups in total. The highest BCUT2D eigenvalue weighted by Crippen LogP contribution is 1.96. The molecule has 0 heterocycles. The summed E-state index contributed by atoms with van der Waals surface area (Å²) in [5.74, 6) is -0.195. The largest absolute Gasteiger partial charge is 0.397 e. The highest BCUT2D eigenvalue weighted by Gasteiger charge is 2.08. The van der Waals surface area contributed by atoms with Crippen LogP contribution < -0.4 is 5.32 Å². The molecule has 18 heavy (non-hydrogen) atoms. The second kappa shape index (κ2) is 8.77. The molecule has 0 aromatic carbocycles. The molecule has 110 valence electrons. The molecular weight excluding hydrogens is 286 g/mol. The van der Waals surface area contributed by atoms with Gasteiger partial charge in [0.15, 0.2) is 9.84 Å². The summed E-state index contributed by atoms with van der Waals surface area (Å²) >= 11 is 0. The molecule has 0 aliphatic rings. The first kappa shape index (κ1) is 17.7. The average Bonchev–Trinajstić information content (AvgIpc) is 2.20. The smallest absolute Gasteiger partial charge is 0.395 e. The fraction of sp³-hybridized carbons (Fsp3) is 1.00. The lowest BCUT2D eigenvalue weighted by Gasteiger charge is -2.04. The third-order valence-electron chi connectivity index (χ3n) is 1.97. The lowest BCUT2D eigenvalue weighted by molar-refractivity contribution is 0.267. The van der Waals surface area contributed by atoms with Crippen LogP contribution in [0.15, 0.2) is 0 Å². The molecule has 0 unspecified atom stereocenters. The molecule has 0 bridgehead atoms. The molecule has 0 atom stereocenters. The molecule has 0 aliphatic carbocycles. The van der Waals surface area contributed by atoms with E-state index in [1.807, 2.05) is 0 Å². The normalized spacial score (nSPS) is 12.8. The summed E-state index contributed by atoms with van der Waals surface area (Å²) in [6, 6.07) is 0. The molecule has 0 saturated carbocycles. The maximum atomic E-state index is 11.2. The number of hydrogen-bond donors (Lipinski definition) is 3. The minimum Gasteiger partial charge on any atom is -0.395 e. The number of aliphatic hydroxyl groups excluding tert-OH is 1. The molecule has 0 spiro atoms. The van der Waals surface area contributed by atoms with Crippen LogP contribution >= 0.6 is 0 Å². The Hall–Kier alpha value is -0.260. The van der Waals surface area contributed by atoms with Crippen LogP contribution in [0.2, 0.25) is 0 Å². The standard InChI is InChI=1S/C8H19NO7S2/c10-5-8-17(11,12)7-2-1-3-9-4-6-16-18(13,14)15/h9-10H,1-8H2,(H,13,14,15). The van der Waals surface area contributed by atoms with E-state index >= 15 is 0 Å². The van der Waals surface area contributed by atoms with Gasteiger partial charge in [-0.15, -0.1) is 0 Å². The second-order valence-electron chi connectivity index (χ2n) is 3.58. The Morgan fingerprint density at radius 1 is 1.00 bits per heavy atom. The van der Waals surface area contributed by atoms with Crippen LogP contribution in [0.25, 0.3) is 0 Å². The maximum absolute atomic E-state index is 11.2. The van der Waals surface area contributed by atoms with E-state index < -0.39 is 20.2 Å². The number of aliphatic hydroxyl groups is 1. The minimum atomic E-state index is -4.39. The summed E-state index contributed by atoms with van der Waals surface area (Å²) in [5.41, 5.74) is 0. The molecule has 0 amide bonds. The van der Waals surface area contributed by atoms with E-state index in [0.29, 0.717) is 19.4 Å². The summed E-state index contributed by atoms with van der Waals surface area (Å²) in [6.07, 6.45) is 1.07. The number of hydrogen-bond acceptors (Lipinski definition) is 7. The van der Waals surface area contributed by atoms with Gasteiger partial charge in [-0.2, -0.15) is 8.42 Å². The van der Waals surface area contributed by atoms with Gasteiger partial charge in [0.05, 0.1) is 24.7 Å². The first-order valence-corrected chi connectivity index (χ1v) is 8.59. The highest BCUT2D eigenvalue weighted by atomic mass is 32.3. The van der Waals surface area contributed by atoms with Crippen LogP contribution in [0.3, 0.4) is 0 Å². The molecule has 0 fully saturated rings. The van der Waals surface area contributed by atoms with Gasteiger partial charge in [0.2, 0.25) is 0 Å². The quantitative estimate of drug-likeness (QED) is 0.313. The van der Waals surface area contributed by atoms with E-state index in [-0.39, 0.29) is 31.3 Å². The van der Waals surface area contributed by atoms with E-state index in [1.165, 1.54) is 0 Å². The zero-order valence-electron chi connectivity index (χ0n) is 9.91. The molecule has 0 aromatic rings. The number of rotatable bonds is 11. The third kappa shape index (κ3) is 12.2. The summed E-state index contributed by atoms with van der Waals surface area (Å²) in [7, 11) is -7.55. The van der Waals surface area contributed by atoms with Crippen molar-refractivity contribution in [1.29, 1.82) is 0 Å². The van der Waals surface area contributed by atoms with E-state index in [2.05, 4.69) is 9.50 Å². The van der Waals surface area contributed by atoms with Gasteiger partial charge in [-0.1, -0.05) is 0 Å². The lowest BCUT2D eigenvalue weighted by Crippen LogP contribution is -2.23. The van der Waals surface area contributed by atoms with E-state index in [1.54, 1.807) is 0 Å². The topological polar surface area (TPSA) is 130 Å². The second-order valence-corrected chi connectivity index (χ2v) is 6.98. The Morgan fingerprint density at radius 2 is 1.67 bits per heavy atom. The monoisotopic (exact) mass is 305 g/mol. The van der Waals surface area contributed by atoms with Gasteiger partial charge in [0.1, 0.15) is 0 Å². The first-order chi connectivity index (χ1) is 8.27. The predicted octanol–water partition coefficient (Wildman–Crippen LogP) is -1.42. The van der Waals surface area contributed by atoms with Crippen molar-refractivity contribution in [2.24, 2.45) is 0 Å². The Bertz CT molecular complexity index is 403. The van der Waals surface area contributed by atoms with Crippen molar-refractivity contribution in [1.82, 2.24) is 5.32 Å². The van der Waals surface area contributed by atoms with Gasteiger partial charge in [-0.05, 0) is 19.4 Å². The molecule has 10 heteroatoms. The van der Waals surface area contributed by atoms with Crippen molar-refractivity contribution in [3.8, 4) is 0 Å². The molecule has 0 rings (SSSR count). The SMILES string of the molecule is O=S(=O)(CCO)CCCCNCCOS(=O)(=O)O. The number of sulfone groups is 1. The van der Waals surface area contributed by atoms with Crippen molar-refractivity contribution in [3.05, 3.63) is 0 Å². The van der Waals surface area contributed by atoms with Crippen LogP contribution in [-0.2, 0) is 24.4 Å². The summed E-state index contributed by atoms with van der Waals surface area (Å²) < 4.78 is 55.0. The number of unbranched alkanes of at least 4 members (excludes halogenated alkanes) is 1. The molecule has 0 radical (unpaired) electrons. The zero-order chi connectivity index (χ0) is 14.1. The van der Waals surface area contributed by atoms with Crippen LogP contribution in [0.4, 0.5) is 0 Å². The van der Waals surface area contributed by atoms with Crippen LogP contribution in [0.5, 0.6) is 0 Å². The Kier molecular flexibility index (Phi) is 8.65. The minimum absolute atomic E-state index is 0.0246. The van der Waals surface area contributed by atoms with Crippen molar-refractivity contribution in [2.75, 3.05) is 37.8 Å². The fourth-order valence-corrected chi connectivity index (χ4v) is 2.58. The highest BCUT2D eigenvalue weighted by molar-refractivity contribution is 7.91. The van der Waals surface area contributed by atoms with E-state index in [4.69, 9.17) is 9.66 Å². The Labute approximate surface area is 107 Å². The fourth-order valence-electron chi connectivity index (χ4n) is 1.16. The molecule has 0 aromatic heterocycles. The average molecular weight is 305 g/mol. The Balaban J connectivity index is 3.42. The van der Waals surface area contributed by atoms with Crippen molar-refractivity contribution >= 4 is 20.2 Å². The first-order valence-electron chi connectivity index (χ1n) is 5.41. The van der Waals surface area contributed by atoms with Gasteiger partial charge in [-0.3, -0.25) is 4.55 Å². The third-order valence-corrected chi connectivity index (χ3v) is 4.15. The maximum Gasteiger partial charge on any atom is 0.397 e.